The van der Waals surface area contributed by atoms with Crippen molar-refractivity contribution in [1.29, 1.82) is 0 Å². The van der Waals surface area contributed by atoms with Crippen molar-refractivity contribution in [1.82, 2.24) is 10.2 Å². The van der Waals surface area contributed by atoms with E-state index in [2.05, 4.69) is 5.32 Å². The zero-order valence-electron chi connectivity index (χ0n) is 16.6. The van der Waals surface area contributed by atoms with Gasteiger partial charge in [-0.05, 0) is 55.4 Å². The summed E-state index contributed by atoms with van der Waals surface area (Å²) in [5.74, 6) is 0.0915. The van der Waals surface area contributed by atoms with E-state index in [0.717, 1.165) is 44.3 Å². The fourth-order valence-electron chi connectivity index (χ4n) is 4.12. The number of rotatable bonds is 2. The lowest BCUT2D eigenvalue weighted by Crippen LogP contribution is -2.49. The minimum atomic E-state index is -0.402. The molecule has 3 rings (SSSR count). The maximum Gasteiger partial charge on any atom is 0.227 e. The standard InChI is InChI=1S/C21H31N3O2.ClH/c1-21(2,3)20(26)24-11-5-7-15(13-24)19(25)23-18-8-4-6-14-12-16(22)9-10-17(14)18;/h9-10,12,15,18H,4-8,11,13,22H2,1-3H3,(H,23,25);1H. The molecule has 150 valence electrons. The van der Waals surface area contributed by atoms with E-state index in [9.17, 15) is 9.59 Å². The summed E-state index contributed by atoms with van der Waals surface area (Å²) in [6.45, 7) is 7.09. The van der Waals surface area contributed by atoms with Crippen molar-refractivity contribution in [2.24, 2.45) is 11.3 Å². The Labute approximate surface area is 168 Å². The summed E-state index contributed by atoms with van der Waals surface area (Å²) >= 11 is 0. The average Bonchev–Trinajstić information content (AvgIpc) is 2.60. The zero-order chi connectivity index (χ0) is 18.9. The number of carbonyl (C=O) groups is 2. The maximum atomic E-state index is 12.9. The number of nitrogens with one attached hydrogen (secondary N) is 1. The number of nitrogen functional groups attached to an aromatic ring is 1. The lowest BCUT2D eigenvalue weighted by atomic mass is 9.86. The number of fused-ring (bicyclic) bond motifs is 1. The van der Waals surface area contributed by atoms with Crippen LogP contribution in [0.5, 0.6) is 0 Å². The Kier molecular flexibility index (Phi) is 6.79. The van der Waals surface area contributed by atoms with Gasteiger partial charge in [0.2, 0.25) is 11.8 Å². The second kappa shape index (κ2) is 8.51. The van der Waals surface area contributed by atoms with Crippen molar-refractivity contribution in [3.05, 3.63) is 29.3 Å². The minimum Gasteiger partial charge on any atom is -0.399 e. The van der Waals surface area contributed by atoms with Crippen LogP contribution in [0.1, 0.15) is 63.6 Å². The molecule has 0 radical (unpaired) electrons. The molecule has 1 fully saturated rings. The van der Waals surface area contributed by atoms with Gasteiger partial charge in [0.1, 0.15) is 0 Å². The van der Waals surface area contributed by atoms with Crippen LogP contribution in [0.4, 0.5) is 5.69 Å². The average molecular weight is 394 g/mol. The number of anilines is 1. The molecule has 1 aliphatic carbocycles. The summed E-state index contributed by atoms with van der Waals surface area (Å²) in [6.07, 6.45) is 4.77. The van der Waals surface area contributed by atoms with Crippen LogP contribution in [0.25, 0.3) is 0 Å². The number of halogens is 1. The number of benzene rings is 1. The number of amides is 2. The first kappa shape index (κ1) is 21.5. The third-order valence-electron chi connectivity index (χ3n) is 5.52. The Hall–Kier alpha value is -1.75. The Balaban J connectivity index is 0.00000261. The van der Waals surface area contributed by atoms with Crippen molar-refractivity contribution in [3.8, 4) is 0 Å². The highest BCUT2D eigenvalue weighted by Crippen LogP contribution is 2.32. The number of nitrogens with two attached hydrogens (primary N) is 1. The number of carbonyl (C=O) groups excluding carboxylic acids is 2. The van der Waals surface area contributed by atoms with E-state index < -0.39 is 5.41 Å². The molecule has 0 bridgehead atoms. The topological polar surface area (TPSA) is 75.4 Å². The molecule has 1 saturated heterocycles. The number of aryl methyl sites for hydroxylation is 1. The fourth-order valence-corrected chi connectivity index (χ4v) is 4.12. The molecule has 3 N–H and O–H groups in total. The molecular formula is C21H32ClN3O2. The summed E-state index contributed by atoms with van der Waals surface area (Å²) in [5, 5.41) is 3.24. The van der Waals surface area contributed by atoms with Gasteiger partial charge >= 0.3 is 0 Å². The molecule has 5 nitrogen and oxygen atoms in total. The van der Waals surface area contributed by atoms with Gasteiger partial charge in [-0.25, -0.2) is 0 Å². The Bertz CT molecular complexity index is 699. The van der Waals surface area contributed by atoms with Gasteiger partial charge in [-0.1, -0.05) is 26.8 Å². The quantitative estimate of drug-likeness (QED) is 0.755. The molecule has 2 amide bonds. The van der Waals surface area contributed by atoms with E-state index in [1.165, 1.54) is 11.1 Å². The van der Waals surface area contributed by atoms with E-state index in [1.807, 2.05) is 43.9 Å². The summed E-state index contributed by atoms with van der Waals surface area (Å²) in [6, 6.07) is 6.04. The highest BCUT2D eigenvalue weighted by Gasteiger charge is 2.34. The highest BCUT2D eigenvalue weighted by atomic mass is 35.5. The number of nitrogens with zero attached hydrogens (tertiary/aromatic N) is 1. The van der Waals surface area contributed by atoms with Gasteiger partial charge in [-0.15, -0.1) is 12.4 Å². The molecule has 1 aromatic rings. The monoisotopic (exact) mass is 393 g/mol. The number of piperidine rings is 1. The largest absolute Gasteiger partial charge is 0.399 e. The van der Waals surface area contributed by atoms with Crippen molar-refractivity contribution >= 4 is 29.9 Å². The molecule has 1 aliphatic heterocycles. The fraction of sp³-hybridized carbons (Fsp3) is 0.619. The van der Waals surface area contributed by atoms with E-state index in [-0.39, 0.29) is 36.2 Å². The summed E-state index contributed by atoms with van der Waals surface area (Å²) in [5.41, 5.74) is 8.71. The molecule has 6 heteroatoms. The van der Waals surface area contributed by atoms with Crippen LogP contribution in [0.2, 0.25) is 0 Å². The van der Waals surface area contributed by atoms with E-state index in [4.69, 9.17) is 5.73 Å². The molecule has 2 aliphatic rings. The maximum absolute atomic E-state index is 12.9. The first-order valence-electron chi connectivity index (χ1n) is 9.74. The molecule has 0 spiro atoms. The SMILES string of the molecule is CC(C)(C)C(=O)N1CCCC(C(=O)NC2CCCc3cc(N)ccc32)C1.Cl. The van der Waals surface area contributed by atoms with Crippen molar-refractivity contribution in [2.75, 3.05) is 18.8 Å². The molecular weight excluding hydrogens is 362 g/mol. The van der Waals surface area contributed by atoms with Crippen LogP contribution in [-0.2, 0) is 16.0 Å². The Morgan fingerprint density at radius 2 is 1.93 bits per heavy atom. The second-order valence-corrected chi connectivity index (χ2v) is 8.75. The van der Waals surface area contributed by atoms with Gasteiger partial charge < -0.3 is 16.0 Å². The van der Waals surface area contributed by atoms with Crippen LogP contribution in [0.15, 0.2) is 18.2 Å². The van der Waals surface area contributed by atoms with Crippen molar-refractivity contribution in [2.45, 2.75) is 58.9 Å². The first-order valence-corrected chi connectivity index (χ1v) is 9.74. The predicted octanol–water partition coefficient (Wildman–Crippen LogP) is 3.47. The van der Waals surface area contributed by atoms with Gasteiger partial charge in [-0.3, -0.25) is 9.59 Å². The van der Waals surface area contributed by atoms with Crippen molar-refractivity contribution < 1.29 is 9.59 Å². The number of likely N-dealkylation sites (tertiary alicyclic amines) is 1. The van der Waals surface area contributed by atoms with E-state index in [1.54, 1.807) is 0 Å². The molecule has 2 atom stereocenters. The molecule has 27 heavy (non-hydrogen) atoms. The predicted molar refractivity (Wildman–Crippen MR) is 111 cm³/mol. The van der Waals surface area contributed by atoms with Gasteiger partial charge in [0, 0.05) is 24.2 Å². The van der Waals surface area contributed by atoms with Gasteiger partial charge in [0.15, 0.2) is 0 Å². The Morgan fingerprint density at radius 1 is 1.19 bits per heavy atom. The molecule has 0 saturated carbocycles. The van der Waals surface area contributed by atoms with E-state index in [0.29, 0.717) is 6.54 Å². The van der Waals surface area contributed by atoms with Crippen molar-refractivity contribution in [3.63, 3.8) is 0 Å². The highest BCUT2D eigenvalue weighted by molar-refractivity contribution is 5.85. The van der Waals surface area contributed by atoms with Crippen LogP contribution in [0.3, 0.4) is 0 Å². The number of hydrogen-bond acceptors (Lipinski definition) is 3. The molecule has 1 heterocycles. The van der Waals surface area contributed by atoms with Gasteiger partial charge in [-0.2, -0.15) is 0 Å². The van der Waals surface area contributed by atoms with Crippen LogP contribution in [-0.4, -0.2) is 29.8 Å². The zero-order valence-corrected chi connectivity index (χ0v) is 17.4. The van der Waals surface area contributed by atoms with E-state index >= 15 is 0 Å². The van der Waals surface area contributed by atoms with Gasteiger partial charge in [0.05, 0.1) is 12.0 Å². The lowest BCUT2D eigenvalue weighted by Gasteiger charge is -2.36. The molecule has 0 aromatic heterocycles. The first-order chi connectivity index (χ1) is 12.3. The van der Waals surface area contributed by atoms with Gasteiger partial charge in [0.25, 0.3) is 0 Å². The summed E-state index contributed by atoms with van der Waals surface area (Å²) < 4.78 is 0. The van der Waals surface area contributed by atoms with Crippen LogP contribution >= 0.6 is 12.4 Å². The molecule has 2 unspecified atom stereocenters. The second-order valence-electron chi connectivity index (χ2n) is 8.75. The normalized spacial score (nSPS) is 22.4. The third kappa shape index (κ3) is 4.95. The van der Waals surface area contributed by atoms with Crippen LogP contribution in [0, 0.1) is 11.3 Å². The number of hydrogen-bond donors (Lipinski definition) is 2. The smallest absolute Gasteiger partial charge is 0.227 e. The third-order valence-corrected chi connectivity index (χ3v) is 5.52. The summed E-state index contributed by atoms with van der Waals surface area (Å²) in [7, 11) is 0. The lowest BCUT2D eigenvalue weighted by molar-refractivity contribution is -0.142. The minimum absolute atomic E-state index is 0. The summed E-state index contributed by atoms with van der Waals surface area (Å²) in [4.78, 5) is 27.3. The molecule has 1 aromatic carbocycles. The Morgan fingerprint density at radius 3 is 2.63 bits per heavy atom. The van der Waals surface area contributed by atoms with Crippen LogP contribution < -0.4 is 11.1 Å².